The highest BCUT2D eigenvalue weighted by Gasteiger charge is 2.15. The molecule has 18 heavy (non-hydrogen) atoms. The van der Waals surface area contributed by atoms with Crippen molar-refractivity contribution in [3.63, 3.8) is 0 Å². The largest absolute Gasteiger partial charge is 0.483 e. The standard InChI is InChI=1S/C13H13BrFNOS/c1-8-2-3-10(15)5-11(8)17-12(6-16)13-4-9(14)7-18-13/h2-5,7,12H,6,16H2,1H3. The van der Waals surface area contributed by atoms with Crippen LogP contribution in [0.25, 0.3) is 0 Å². The number of rotatable bonds is 4. The third kappa shape index (κ3) is 3.10. The zero-order chi connectivity index (χ0) is 13.1. The van der Waals surface area contributed by atoms with E-state index in [2.05, 4.69) is 15.9 Å². The summed E-state index contributed by atoms with van der Waals surface area (Å²) in [5.74, 6) is 0.230. The maximum Gasteiger partial charge on any atom is 0.145 e. The Morgan fingerprint density at radius 3 is 2.83 bits per heavy atom. The molecule has 1 unspecified atom stereocenters. The molecule has 0 saturated carbocycles. The lowest BCUT2D eigenvalue weighted by Crippen LogP contribution is -2.17. The molecule has 2 nitrogen and oxygen atoms in total. The third-order valence-corrected chi connectivity index (χ3v) is 4.32. The first kappa shape index (κ1) is 13.5. The van der Waals surface area contributed by atoms with E-state index in [-0.39, 0.29) is 11.9 Å². The molecule has 1 heterocycles. The van der Waals surface area contributed by atoms with Crippen molar-refractivity contribution in [3.05, 3.63) is 50.4 Å². The van der Waals surface area contributed by atoms with Gasteiger partial charge in [0.15, 0.2) is 0 Å². The molecule has 0 spiro atoms. The average molecular weight is 330 g/mol. The fourth-order valence-electron chi connectivity index (χ4n) is 1.57. The minimum absolute atomic E-state index is 0.248. The number of hydrogen-bond donors (Lipinski definition) is 1. The molecule has 0 aliphatic rings. The lowest BCUT2D eigenvalue weighted by atomic mass is 10.2. The van der Waals surface area contributed by atoms with Crippen molar-refractivity contribution in [2.75, 3.05) is 6.54 Å². The molecule has 5 heteroatoms. The monoisotopic (exact) mass is 329 g/mol. The number of nitrogens with two attached hydrogens (primary N) is 1. The van der Waals surface area contributed by atoms with Crippen molar-refractivity contribution >= 4 is 27.3 Å². The molecule has 2 rings (SSSR count). The van der Waals surface area contributed by atoms with Gasteiger partial charge in [-0.25, -0.2) is 4.39 Å². The Morgan fingerprint density at radius 2 is 2.22 bits per heavy atom. The van der Waals surface area contributed by atoms with Gasteiger partial charge in [0.05, 0.1) is 0 Å². The van der Waals surface area contributed by atoms with Gasteiger partial charge in [-0.15, -0.1) is 11.3 Å². The van der Waals surface area contributed by atoms with E-state index in [4.69, 9.17) is 10.5 Å². The predicted octanol–water partition coefficient (Wildman–Crippen LogP) is 4.04. The Morgan fingerprint density at radius 1 is 1.44 bits per heavy atom. The van der Waals surface area contributed by atoms with Crippen LogP contribution in [0.5, 0.6) is 5.75 Å². The molecule has 1 aromatic carbocycles. The van der Waals surface area contributed by atoms with E-state index in [9.17, 15) is 4.39 Å². The van der Waals surface area contributed by atoms with Gasteiger partial charge >= 0.3 is 0 Å². The third-order valence-electron chi connectivity index (χ3n) is 2.54. The van der Waals surface area contributed by atoms with Crippen LogP contribution in [0.3, 0.4) is 0 Å². The van der Waals surface area contributed by atoms with Crippen LogP contribution in [0.1, 0.15) is 16.5 Å². The Balaban J connectivity index is 2.22. The topological polar surface area (TPSA) is 35.2 Å². The molecule has 2 N–H and O–H groups in total. The molecular formula is C13H13BrFNOS. The average Bonchev–Trinajstić information content (AvgIpc) is 2.77. The molecule has 0 aliphatic heterocycles. The lowest BCUT2D eigenvalue weighted by Gasteiger charge is -2.17. The van der Waals surface area contributed by atoms with Crippen molar-refractivity contribution in [2.45, 2.75) is 13.0 Å². The van der Waals surface area contributed by atoms with Crippen LogP contribution in [0.15, 0.2) is 34.1 Å². The second-order valence-corrected chi connectivity index (χ2v) is 5.78. The van der Waals surface area contributed by atoms with Crippen LogP contribution in [0.4, 0.5) is 4.39 Å². The summed E-state index contributed by atoms with van der Waals surface area (Å²) >= 11 is 4.96. The first-order chi connectivity index (χ1) is 8.60. The van der Waals surface area contributed by atoms with Gasteiger partial charge in [-0.3, -0.25) is 0 Å². The van der Waals surface area contributed by atoms with Gasteiger partial charge in [-0.2, -0.15) is 0 Å². The quantitative estimate of drug-likeness (QED) is 0.918. The van der Waals surface area contributed by atoms with Gasteiger partial charge in [0.2, 0.25) is 0 Å². The number of hydrogen-bond acceptors (Lipinski definition) is 3. The fraction of sp³-hybridized carbons (Fsp3) is 0.231. The molecule has 0 amide bonds. The maximum absolute atomic E-state index is 13.2. The highest BCUT2D eigenvalue weighted by molar-refractivity contribution is 9.10. The number of ether oxygens (including phenoxy) is 1. The Hall–Kier alpha value is -0.910. The Bertz CT molecular complexity index is 544. The molecule has 2 aromatic rings. The van der Waals surface area contributed by atoms with Gasteiger partial charge < -0.3 is 10.5 Å². The predicted molar refractivity (Wildman–Crippen MR) is 75.6 cm³/mol. The molecule has 0 bridgehead atoms. The SMILES string of the molecule is Cc1ccc(F)cc1OC(CN)c1cc(Br)cs1. The summed E-state index contributed by atoms with van der Waals surface area (Å²) in [6.07, 6.45) is -0.248. The van der Waals surface area contributed by atoms with Crippen LogP contribution in [0, 0.1) is 12.7 Å². The molecule has 96 valence electrons. The number of benzene rings is 1. The first-order valence-corrected chi connectivity index (χ1v) is 7.14. The van der Waals surface area contributed by atoms with Crippen LogP contribution in [-0.2, 0) is 0 Å². The van der Waals surface area contributed by atoms with Gasteiger partial charge in [0.25, 0.3) is 0 Å². The minimum atomic E-state index is -0.307. The van der Waals surface area contributed by atoms with Gasteiger partial charge in [0.1, 0.15) is 17.7 Å². The minimum Gasteiger partial charge on any atom is -0.483 e. The van der Waals surface area contributed by atoms with E-state index in [0.717, 1.165) is 14.9 Å². The number of halogens is 2. The van der Waals surface area contributed by atoms with Crippen molar-refractivity contribution in [1.29, 1.82) is 0 Å². The van der Waals surface area contributed by atoms with Gasteiger partial charge in [-0.1, -0.05) is 6.07 Å². The van der Waals surface area contributed by atoms with E-state index in [1.165, 1.54) is 12.1 Å². The molecule has 0 saturated heterocycles. The highest BCUT2D eigenvalue weighted by atomic mass is 79.9. The smallest absolute Gasteiger partial charge is 0.145 e. The second kappa shape index (κ2) is 5.82. The van der Waals surface area contributed by atoms with E-state index >= 15 is 0 Å². The normalized spacial score (nSPS) is 12.4. The lowest BCUT2D eigenvalue weighted by molar-refractivity contribution is 0.215. The summed E-state index contributed by atoms with van der Waals surface area (Å²) < 4.78 is 20.0. The zero-order valence-electron chi connectivity index (χ0n) is 9.82. The van der Waals surface area contributed by atoms with Gasteiger partial charge in [-0.05, 0) is 40.5 Å². The maximum atomic E-state index is 13.2. The Kier molecular flexibility index (Phi) is 4.37. The van der Waals surface area contributed by atoms with Crippen molar-refractivity contribution in [2.24, 2.45) is 5.73 Å². The van der Waals surface area contributed by atoms with E-state index in [1.807, 2.05) is 18.4 Å². The summed E-state index contributed by atoms with van der Waals surface area (Å²) in [5, 5.41) is 1.97. The molecule has 0 fully saturated rings. The summed E-state index contributed by atoms with van der Waals surface area (Å²) in [6, 6.07) is 6.47. The molecular weight excluding hydrogens is 317 g/mol. The second-order valence-electron chi connectivity index (χ2n) is 3.92. The number of aryl methyl sites for hydroxylation is 1. The summed E-state index contributed by atoms with van der Waals surface area (Å²) in [7, 11) is 0. The van der Waals surface area contributed by atoms with Gasteiger partial charge in [0, 0.05) is 27.3 Å². The van der Waals surface area contributed by atoms with E-state index in [0.29, 0.717) is 12.3 Å². The summed E-state index contributed by atoms with van der Waals surface area (Å²) in [6.45, 7) is 2.23. The summed E-state index contributed by atoms with van der Waals surface area (Å²) in [5.41, 5.74) is 6.62. The van der Waals surface area contributed by atoms with Crippen LogP contribution in [0.2, 0.25) is 0 Å². The van der Waals surface area contributed by atoms with Crippen molar-refractivity contribution < 1.29 is 9.13 Å². The summed E-state index contributed by atoms with van der Waals surface area (Å²) in [4.78, 5) is 1.02. The van der Waals surface area contributed by atoms with Crippen LogP contribution in [-0.4, -0.2) is 6.54 Å². The zero-order valence-corrected chi connectivity index (χ0v) is 12.2. The molecule has 0 radical (unpaired) electrons. The Labute approximate surface area is 118 Å². The molecule has 1 atom stereocenters. The van der Waals surface area contributed by atoms with E-state index in [1.54, 1.807) is 17.4 Å². The van der Waals surface area contributed by atoms with Crippen molar-refractivity contribution in [1.82, 2.24) is 0 Å². The number of thiophene rings is 1. The van der Waals surface area contributed by atoms with Crippen LogP contribution >= 0.6 is 27.3 Å². The van der Waals surface area contributed by atoms with Crippen LogP contribution < -0.4 is 10.5 Å². The molecule has 1 aromatic heterocycles. The molecule has 0 aliphatic carbocycles. The first-order valence-electron chi connectivity index (χ1n) is 5.47. The fourth-order valence-corrected chi connectivity index (χ4v) is 3.06. The van der Waals surface area contributed by atoms with Crippen molar-refractivity contribution in [3.8, 4) is 5.75 Å². The van der Waals surface area contributed by atoms with E-state index < -0.39 is 0 Å². The highest BCUT2D eigenvalue weighted by Crippen LogP contribution is 2.30.